The molecule has 3 rings (SSSR count). The highest BCUT2D eigenvalue weighted by Crippen LogP contribution is 2.30. The normalized spacial score (nSPS) is 21.0. The van der Waals surface area contributed by atoms with Gasteiger partial charge in [-0.15, -0.1) is 12.4 Å². The number of carbonyl (C=O) groups is 1. The van der Waals surface area contributed by atoms with Crippen LogP contribution in [-0.2, 0) is 9.84 Å². The van der Waals surface area contributed by atoms with E-state index in [0.29, 0.717) is 25.2 Å². The molecule has 0 aliphatic carbocycles. The van der Waals surface area contributed by atoms with E-state index in [1.54, 1.807) is 29.3 Å². The molecule has 3 heterocycles. The number of imidazole rings is 1. The molecular formula is C15H21ClN4O3S. The smallest absolute Gasteiger partial charge is 0.274 e. The van der Waals surface area contributed by atoms with Gasteiger partial charge in [0.2, 0.25) is 15.0 Å². The van der Waals surface area contributed by atoms with Crippen LogP contribution in [0.2, 0.25) is 0 Å². The SMILES string of the molecule is CC1(CN)CCN(C(=O)c2nc(S(C)(=O)=O)n3ccccc23)C1.Cl. The van der Waals surface area contributed by atoms with Gasteiger partial charge in [0.1, 0.15) is 0 Å². The van der Waals surface area contributed by atoms with Gasteiger partial charge in [0.15, 0.2) is 5.69 Å². The van der Waals surface area contributed by atoms with Gasteiger partial charge in [-0.05, 0) is 30.5 Å². The minimum Gasteiger partial charge on any atom is -0.337 e. The largest absolute Gasteiger partial charge is 0.337 e. The van der Waals surface area contributed by atoms with E-state index in [-0.39, 0.29) is 34.6 Å². The maximum Gasteiger partial charge on any atom is 0.274 e. The molecule has 9 heteroatoms. The van der Waals surface area contributed by atoms with Crippen molar-refractivity contribution in [3.05, 3.63) is 30.1 Å². The van der Waals surface area contributed by atoms with E-state index >= 15 is 0 Å². The van der Waals surface area contributed by atoms with Gasteiger partial charge in [0.25, 0.3) is 5.91 Å². The topological polar surface area (TPSA) is 97.8 Å². The van der Waals surface area contributed by atoms with Gasteiger partial charge in [-0.2, -0.15) is 0 Å². The first-order chi connectivity index (χ1) is 10.7. The zero-order valence-electron chi connectivity index (χ0n) is 13.6. The minimum absolute atomic E-state index is 0. The Morgan fingerprint density at radius 2 is 2.12 bits per heavy atom. The first-order valence-electron chi connectivity index (χ1n) is 7.42. The molecule has 1 fully saturated rings. The number of sulfone groups is 1. The predicted molar refractivity (Wildman–Crippen MR) is 93.2 cm³/mol. The number of hydrogen-bond donors (Lipinski definition) is 1. The molecule has 1 atom stereocenters. The molecule has 0 radical (unpaired) electrons. The van der Waals surface area contributed by atoms with Gasteiger partial charge in [-0.25, -0.2) is 13.4 Å². The van der Waals surface area contributed by atoms with Gasteiger partial charge in [-0.1, -0.05) is 13.0 Å². The highest BCUT2D eigenvalue weighted by Gasteiger charge is 2.37. The molecule has 2 aromatic rings. The lowest BCUT2D eigenvalue weighted by Crippen LogP contribution is -2.34. The molecule has 0 spiro atoms. The molecule has 2 N–H and O–H groups in total. The number of hydrogen-bond acceptors (Lipinski definition) is 5. The first kappa shape index (κ1) is 18.7. The number of nitrogens with two attached hydrogens (primary N) is 1. The Hall–Kier alpha value is -1.64. The second-order valence-corrected chi connectivity index (χ2v) is 8.37. The van der Waals surface area contributed by atoms with Crippen LogP contribution in [0.25, 0.3) is 5.52 Å². The number of fused-ring (bicyclic) bond motifs is 1. The number of nitrogens with zero attached hydrogens (tertiary/aromatic N) is 3. The van der Waals surface area contributed by atoms with Crippen molar-refractivity contribution in [3.8, 4) is 0 Å². The minimum atomic E-state index is -3.53. The third-order valence-electron chi connectivity index (χ3n) is 4.39. The lowest BCUT2D eigenvalue weighted by Gasteiger charge is -2.22. The number of pyridine rings is 1. The Morgan fingerprint density at radius 1 is 1.42 bits per heavy atom. The molecule has 1 saturated heterocycles. The monoisotopic (exact) mass is 372 g/mol. The van der Waals surface area contributed by atoms with E-state index in [1.165, 1.54) is 4.40 Å². The van der Waals surface area contributed by atoms with E-state index < -0.39 is 9.84 Å². The number of carbonyl (C=O) groups excluding carboxylic acids is 1. The Morgan fingerprint density at radius 3 is 2.71 bits per heavy atom. The van der Waals surface area contributed by atoms with Crippen LogP contribution in [0.3, 0.4) is 0 Å². The van der Waals surface area contributed by atoms with Crippen molar-refractivity contribution in [3.63, 3.8) is 0 Å². The summed E-state index contributed by atoms with van der Waals surface area (Å²) >= 11 is 0. The summed E-state index contributed by atoms with van der Waals surface area (Å²) in [5.41, 5.74) is 6.36. The lowest BCUT2D eigenvalue weighted by atomic mass is 9.90. The van der Waals surface area contributed by atoms with Crippen LogP contribution >= 0.6 is 12.4 Å². The third-order valence-corrected chi connectivity index (χ3v) is 5.34. The molecular weight excluding hydrogens is 352 g/mol. The molecule has 2 aromatic heterocycles. The van der Waals surface area contributed by atoms with Gasteiger partial charge < -0.3 is 10.6 Å². The predicted octanol–water partition coefficient (Wildman–Crippen LogP) is 0.971. The van der Waals surface area contributed by atoms with Crippen molar-refractivity contribution in [2.75, 3.05) is 25.9 Å². The first-order valence-corrected chi connectivity index (χ1v) is 9.31. The van der Waals surface area contributed by atoms with E-state index in [1.807, 2.05) is 6.92 Å². The van der Waals surface area contributed by atoms with Crippen LogP contribution < -0.4 is 5.73 Å². The van der Waals surface area contributed by atoms with Gasteiger partial charge in [0, 0.05) is 25.5 Å². The van der Waals surface area contributed by atoms with Crippen molar-refractivity contribution >= 4 is 33.7 Å². The van der Waals surface area contributed by atoms with Crippen LogP contribution in [0.15, 0.2) is 29.6 Å². The van der Waals surface area contributed by atoms with Crippen LogP contribution in [0.4, 0.5) is 0 Å². The fraction of sp³-hybridized carbons (Fsp3) is 0.467. The maximum atomic E-state index is 12.8. The van der Waals surface area contributed by atoms with E-state index in [0.717, 1.165) is 12.7 Å². The molecule has 0 saturated carbocycles. The summed E-state index contributed by atoms with van der Waals surface area (Å²) in [5.74, 6) is -0.249. The Balaban J connectivity index is 0.00000208. The highest BCUT2D eigenvalue weighted by molar-refractivity contribution is 7.90. The third kappa shape index (κ3) is 3.13. The quantitative estimate of drug-likeness (QED) is 0.865. The fourth-order valence-corrected chi connectivity index (χ4v) is 3.72. The van der Waals surface area contributed by atoms with Gasteiger partial charge in [-0.3, -0.25) is 9.20 Å². The van der Waals surface area contributed by atoms with Crippen molar-refractivity contribution in [2.45, 2.75) is 18.5 Å². The maximum absolute atomic E-state index is 12.8. The summed E-state index contributed by atoms with van der Waals surface area (Å²) in [6.07, 6.45) is 3.52. The molecule has 1 unspecified atom stereocenters. The average Bonchev–Trinajstić information content (AvgIpc) is 3.08. The summed E-state index contributed by atoms with van der Waals surface area (Å²) in [4.78, 5) is 18.7. The van der Waals surface area contributed by atoms with Crippen molar-refractivity contribution in [1.29, 1.82) is 0 Å². The number of halogens is 1. The van der Waals surface area contributed by atoms with Crippen molar-refractivity contribution in [1.82, 2.24) is 14.3 Å². The summed E-state index contributed by atoms with van der Waals surface area (Å²) < 4.78 is 25.3. The summed E-state index contributed by atoms with van der Waals surface area (Å²) in [5, 5.41) is -0.114. The van der Waals surface area contributed by atoms with E-state index in [4.69, 9.17) is 5.73 Å². The average molecular weight is 373 g/mol. The zero-order valence-corrected chi connectivity index (χ0v) is 15.2. The van der Waals surface area contributed by atoms with Crippen LogP contribution in [0.5, 0.6) is 0 Å². The van der Waals surface area contributed by atoms with Crippen LogP contribution in [0, 0.1) is 5.41 Å². The molecule has 7 nitrogen and oxygen atoms in total. The Labute approximate surface area is 147 Å². The standard InChI is InChI=1S/C15H20N4O3S.ClH/c1-15(9-16)6-8-18(10-15)13(20)12-11-5-3-4-7-19(11)14(17-12)23(2,21)22;/h3-5,7H,6,8-10,16H2,1-2H3;1H. The van der Waals surface area contributed by atoms with E-state index in [2.05, 4.69) is 4.98 Å². The van der Waals surface area contributed by atoms with Crippen molar-refractivity contribution in [2.24, 2.45) is 11.1 Å². The molecule has 1 amide bonds. The number of amides is 1. The van der Waals surface area contributed by atoms with Crippen LogP contribution in [0.1, 0.15) is 23.8 Å². The number of rotatable bonds is 3. The van der Waals surface area contributed by atoms with Crippen LogP contribution in [-0.4, -0.2) is 54.5 Å². The fourth-order valence-electron chi connectivity index (χ4n) is 2.94. The van der Waals surface area contributed by atoms with Gasteiger partial charge >= 0.3 is 0 Å². The Kier molecular flexibility index (Phi) is 4.94. The van der Waals surface area contributed by atoms with Gasteiger partial charge in [0.05, 0.1) is 5.52 Å². The summed E-state index contributed by atoms with van der Waals surface area (Å²) in [6.45, 7) is 3.72. The highest BCUT2D eigenvalue weighted by atomic mass is 35.5. The molecule has 0 bridgehead atoms. The molecule has 24 heavy (non-hydrogen) atoms. The molecule has 132 valence electrons. The molecule has 0 aromatic carbocycles. The lowest BCUT2D eigenvalue weighted by molar-refractivity contribution is 0.0773. The molecule has 1 aliphatic rings. The second kappa shape index (κ2) is 6.34. The summed E-state index contributed by atoms with van der Waals surface area (Å²) in [6, 6.07) is 5.17. The second-order valence-electron chi connectivity index (χ2n) is 6.46. The summed E-state index contributed by atoms with van der Waals surface area (Å²) in [7, 11) is -3.53. The molecule has 1 aliphatic heterocycles. The number of aromatic nitrogens is 2. The zero-order chi connectivity index (χ0) is 16.8. The van der Waals surface area contributed by atoms with E-state index in [9.17, 15) is 13.2 Å². The number of likely N-dealkylation sites (tertiary alicyclic amines) is 1. The Bertz CT molecular complexity index is 880. The van der Waals surface area contributed by atoms with Crippen molar-refractivity contribution < 1.29 is 13.2 Å².